The highest BCUT2D eigenvalue weighted by Crippen LogP contribution is 2.70. The molecule has 180 valence electrons. The lowest BCUT2D eigenvalue weighted by atomic mass is 9.97. The van der Waals surface area contributed by atoms with Crippen molar-refractivity contribution >= 4 is 35.0 Å². The number of ether oxygens (including phenoxy) is 2. The number of esters is 1. The highest BCUT2D eigenvalue weighted by Gasteiger charge is 2.88. The minimum absolute atomic E-state index is 0.207. The molecule has 2 aliphatic heterocycles. The quantitative estimate of drug-likeness (QED) is 0.387. The Bertz CT molecular complexity index is 1770. The van der Waals surface area contributed by atoms with E-state index in [-0.39, 0.29) is 5.56 Å². The second kappa shape index (κ2) is 7.21. The summed E-state index contributed by atoms with van der Waals surface area (Å²) in [6.45, 7) is 1.90. The van der Waals surface area contributed by atoms with E-state index >= 15 is 0 Å². The van der Waals surface area contributed by atoms with Gasteiger partial charge in [0.15, 0.2) is 10.4 Å². The number of rotatable bonds is 3. The van der Waals surface area contributed by atoms with Crippen LogP contribution in [0.3, 0.4) is 0 Å². The van der Waals surface area contributed by atoms with Crippen LogP contribution in [-0.2, 0) is 9.53 Å². The van der Waals surface area contributed by atoms with Crippen LogP contribution < -0.4 is 19.6 Å². The molecule has 36 heavy (non-hydrogen) atoms. The van der Waals surface area contributed by atoms with Crippen LogP contribution in [0.25, 0.3) is 17.4 Å². The van der Waals surface area contributed by atoms with Gasteiger partial charge in [-0.15, -0.1) is 0 Å². The van der Waals surface area contributed by atoms with Crippen LogP contribution >= 0.6 is 22.9 Å². The fraction of sp³-hybridized carbons (Fsp3) is 0.222. The molecule has 0 radical (unpaired) electrons. The average Bonchev–Trinajstić information content (AvgIpc) is 3.28. The third kappa shape index (κ3) is 2.66. The molecule has 7 nitrogen and oxygen atoms in total. The molecule has 0 amide bonds. The highest BCUT2D eigenvalue weighted by atomic mass is 35.5. The molecule has 0 bridgehead atoms. The van der Waals surface area contributed by atoms with Gasteiger partial charge in [0.2, 0.25) is 0 Å². The maximum Gasteiger partial charge on any atom is 0.315 e. The number of fused-ring (bicyclic) bond motifs is 4. The third-order valence-electron chi connectivity index (χ3n) is 7.47. The normalized spacial score (nSPS) is 27.2. The molecule has 7 rings (SSSR count). The summed E-state index contributed by atoms with van der Waals surface area (Å²) in [4.78, 5) is 32.0. The molecule has 0 saturated heterocycles. The number of benzene rings is 2. The second-order valence-electron chi connectivity index (χ2n) is 9.33. The summed E-state index contributed by atoms with van der Waals surface area (Å²) in [7, 11) is 1.36. The lowest BCUT2D eigenvalue weighted by Crippen LogP contribution is -2.47. The van der Waals surface area contributed by atoms with Gasteiger partial charge in [-0.2, -0.15) is 0 Å². The van der Waals surface area contributed by atoms with Gasteiger partial charge in [-0.1, -0.05) is 53.3 Å². The van der Waals surface area contributed by atoms with Crippen LogP contribution in [0.4, 0.5) is 0 Å². The molecule has 1 saturated carbocycles. The van der Waals surface area contributed by atoms with Crippen LogP contribution in [0.2, 0.25) is 5.02 Å². The molecule has 2 aromatic heterocycles. The standard InChI is InChI=1S/C27H19ClN2O5S/c1-26-21(24(32)33-2)27(26)22(17-8-3-4-9-19(17)35-27)30-23(31)20(36-25(30)29-26)13-16-10-11-18(34-16)14-6-5-7-15(28)12-14/h3-13,21-22H,1-2H3/b20-13-. The number of thiazole rings is 1. The number of hydrogen-bond donors (Lipinski definition) is 0. The number of hydrogen-bond acceptors (Lipinski definition) is 7. The summed E-state index contributed by atoms with van der Waals surface area (Å²) >= 11 is 7.39. The van der Waals surface area contributed by atoms with Crippen molar-refractivity contribution in [3.05, 3.63) is 96.7 Å². The molecule has 0 N–H and O–H groups in total. The Morgan fingerprint density at radius 2 is 2.03 bits per heavy atom. The lowest BCUT2D eigenvalue weighted by Gasteiger charge is -2.26. The van der Waals surface area contributed by atoms with Crippen molar-refractivity contribution in [2.24, 2.45) is 10.9 Å². The van der Waals surface area contributed by atoms with Gasteiger partial charge in [-0.3, -0.25) is 14.2 Å². The van der Waals surface area contributed by atoms with Gasteiger partial charge in [0.25, 0.3) is 5.56 Å². The first-order valence-electron chi connectivity index (χ1n) is 11.4. The second-order valence-corrected chi connectivity index (χ2v) is 10.8. The molecule has 3 aliphatic rings. The molecule has 9 heteroatoms. The van der Waals surface area contributed by atoms with E-state index in [0.29, 0.717) is 31.6 Å². The van der Waals surface area contributed by atoms with E-state index < -0.39 is 29.1 Å². The van der Waals surface area contributed by atoms with E-state index in [2.05, 4.69) is 0 Å². The third-order valence-corrected chi connectivity index (χ3v) is 8.68. The van der Waals surface area contributed by atoms with E-state index in [0.717, 1.165) is 11.1 Å². The van der Waals surface area contributed by atoms with Crippen molar-refractivity contribution in [2.45, 2.75) is 24.1 Å². The zero-order valence-corrected chi connectivity index (χ0v) is 20.8. The first-order valence-corrected chi connectivity index (χ1v) is 12.6. The fourth-order valence-electron chi connectivity index (χ4n) is 5.82. The van der Waals surface area contributed by atoms with Gasteiger partial charge in [-0.25, -0.2) is 4.99 Å². The number of halogens is 1. The number of carbonyl (C=O) groups is 1. The Morgan fingerprint density at radius 3 is 2.83 bits per heavy atom. The Morgan fingerprint density at radius 1 is 1.19 bits per heavy atom. The van der Waals surface area contributed by atoms with Crippen molar-refractivity contribution in [3.63, 3.8) is 0 Å². The van der Waals surface area contributed by atoms with Gasteiger partial charge < -0.3 is 13.9 Å². The maximum absolute atomic E-state index is 13.8. The molecule has 2 aromatic carbocycles. The predicted molar refractivity (Wildman–Crippen MR) is 134 cm³/mol. The Balaban J connectivity index is 1.39. The average molecular weight is 519 g/mol. The molecule has 4 aromatic rings. The van der Waals surface area contributed by atoms with Crippen LogP contribution in [-0.4, -0.2) is 28.8 Å². The predicted octanol–water partition coefficient (Wildman–Crippen LogP) is 3.57. The topological polar surface area (TPSA) is 83.0 Å². The van der Waals surface area contributed by atoms with Crippen LogP contribution in [0, 0.1) is 5.92 Å². The Labute approximate surface area is 213 Å². The van der Waals surface area contributed by atoms with Crippen molar-refractivity contribution in [3.8, 4) is 17.1 Å². The molecule has 4 atom stereocenters. The van der Waals surface area contributed by atoms with Crippen molar-refractivity contribution in [1.82, 2.24) is 4.57 Å². The highest BCUT2D eigenvalue weighted by molar-refractivity contribution is 7.07. The zero-order chi connectivity index (χ0) is 24.8. The number of methoxy groups -OCH3 is 1. The number of carbonyl (C=O) groups excluding carboxylic acids is 1. The molecule has 4 heterocycles. The van der Waals surface area contributed by atoms with Crippen molar-refractivity contribution in [1.29, 1.82) is 0 Å². The molecular formula is C27H19ClN2O5S. The maximum atomic E-state index is 13.8. The summed E-state index contributed by atoms with van der Waals surface area (Å²) < 4.78 is 19.7. The van der Waals surface area contributed by atoms with Gasteiger partial charge in [0.1, 0.15) is 34.8 Å². The van der Waals surface area contributed by atoms with E-state index in [9.17, 15) is 9.59 Å². The van der Waals surface area contributed by atoms with E-state index in [4.69, 9.17) is 30.5 Å². The van der Waals surface area contributed by atoms with Crippen molar-refractivity contribution < 1.29 is 18.7 Å². The SMILES string of the molecule is COC(=O)C1C2(C)N=c3s/c(=C\c4ccc(-c5cccc(Cl)c5)o4)c(=O)n3C3c4ccccc4OC312. The smallest absolute Gasteiger partial charge is 0.315 e. The fourth-order valence-corrected chi connectivity index (χ4v) is 7.09. The van der Waals surface area contributed by atoms with Gasteiger partial charge in [-0.05, 0) is 37.3 Å². The summed E-state index contributed by atoms with van der Waals surface area (Å²) in [6.07, 6.45) is 1.72. The van der Waals surface area contributed by atoms with Crippen LogP contribution in [0.5, 0.6) is 5.75 Å². The summed E-state index contributed by atoms with van der Waals surface area (Å²) in [6, 6.07) is 18.2. The largest absolute Gasteiger partial charge is 0.481 e. The zero-order valence-electron chi connectivity index (χ0n) is 19.2. The van der Waals surface area contributed by atoms with Crippen LogP contribution in [0.15, 0.2) is 74.9 Å². The molecule has 1 spiro atoms. The Kier molecular flexibility index (Phi) is 4.34. The number of nitrogens with zero attached hydrogens (tertiary/aromatic N) is 2. The van der Waals surface area contributed by atoms with Gasteiger partial charge in [0, 0.05) is 22.2 Å². The number of furan rings is 1. The number of para-hydroxylation sites is 1. The van der Waals surface area contributed by atoms with Crippen LogP contribution in [0.1, 0.15) is 24.3 Å². The van der Waals surface area contributed by atoms with E-state index in [1.807, 2.05) is 61.5 Å². The van der Waals surface area contributed by atoms with Gasteiger partial charge >= 0.3 is 5.97 Å². The van der Waals surface area contributed by atoms with Gasteiger partial charge in [0.05, 0.1) is 11.6 Å². The molecule has 1 fully saturated rings. The minimum atomic E-state index is -0.997. The molecule has 1 aliphatic carbocycles. The molecule has 4 unspecified atom stereocenters. The molecular weight excluding hydrogens is 500 g/mol. The first kappa shape index (κ1) is 21.6. The van der Waals surface area contributed by atoms with E-state index in [1.54, 1.807) is 16.7 Å². The summed E-state index contributed by atoms with van der Waals surface area (Å²) in [5.74, 6) is 0.850. The summed E-state index contributed by atoms with van der Waals surface area (Å²) in [5.41, 5.74) is -0.338. The monoisotopic (exact) mass is 518 g/mol. The Hall–Kier alpha value is -3.62. The van der Waals surface area contributed by atoms with Crippen molar-refractivity contribution in [2.75, 3.05) is 7.11 Å². The van der Waals surface area contributed by atoms with E-state index in [1.165, 1.54) is 18.4 Å². The first-order chi connectivity index (χ1) is 17.4. The lowest BCUT2D eigenvalue weighted by molar-refractivity contribution is -0.144. The number of aromatic nitrogens is 1. The summed E-state index contributed by atoms with van der Waals surface area (Å²) in [5, 5.41) is 0.616. The minimum Gasteiger partial charge on any atom is -0.481 e.